The molecular formula is C14H22N6. The van der Waals surface area contributed by atoms with E-state index >= 15 is 0 Å². The first-order chi connectivity index (χ1) is 9.81. The number of hydrogen-bond acceptors (Lipinski definition) is 4. The third-order valence-corrected chi connectivity index (χ3v) is 3.85. The van der Waals surface area contributed by atoms with Crippen LogP contribution in [0, 0.1) is 0 Å². The maximum absolute atomic E-state index is 4.68. The Morgan fingerprint density at radius 3 is 2.80 bits per heavy atom. The number of nitrogens with one attached hydrogen (secondary N) is 1. The fourth-order valence-electron chi connectivity index (χ4n) is 2.79. The fraction of sp³-hybridized carbons (Fsp3) is 0.643. The van der Waals surface area contributed by atoms with E-state index in [0.717, 1.165) is 18.1 Å². The van der Waals surface area contributed by atoms with Gasteiger partial charge in [0.15, 0.2) is 5.82 Å². The van der Waals surface area contributed by atoms with Crippen LogP contribution in [0.4, 0.5) is 0 Å². The summed E-state index contributed by atoms with van der Waals surface area (Å²) in [4.78, 5) is 4.19. The molecule has 1 aliphatic carbocycles. The zero-order valence-corrected chi connectivity index (χ0v) is 12.0. The van der Waals surface area contributed by atoms with Crippen molar-refractivity contribution < 1.29 is 0 Å². The number of aromatic nitrogens is 5. The number of nitrogens with zero attached hydrogens (tertiary/aromatic N) is 5. The lowest BCUT2D eigenvalue weighted by Crippen LogP contribution is -2.16. The highest BCUT2D eigenvalue weighted by atomic mass is 15.3. The van der Waals surface area contributed by atoms with Gasteiger partial charge in [0.2, 0.25) is 0 Å². The van der Waals surface area contributed by atoms with E-state index in [9.17, 15) is 0 Å². The molecule has 1 saturated carbocycles. The molecule has 6 heteroatoms. The molecule has 0 spiro atoms. The summed E-state index contributed by atoms with van der Waals surface area (Å²) in [6.07, 6.45) is 10.4. The molecule has 20 heavy (non-hydrogen) atoms. The zero-order chi connectivity index (χ0) is 13.8. The lowest BCUT2D eigenvalue weighted by atomic mass is 9.96. The minimum Gasteiger partial charge on any atom is -0.304 e. The first kappa shape index (κ1) is 13.3. The van der Waals surface area contributed by atoms with E-state index in [-0.39, 0.29) is 0 Å². The van der Waals surface area contributed by atoms with Crippen LogP contribution in [0.15, 0.2) is 18.6 Å². The van der Waals surface area contributed by atoms with Crippen molar-refractivity contribution in [2.75, 3.05) is 0 Å². The molecule has 1 N–H and O–H groups in total. The van der Waals surface area contributed by atoms with Gasteiger partial charge in [-0.2, -0.15) is 10.2 Å². The second kappa shape index (κ2) is 6.17. The molecule has 0 saturated heterocycles. The predicted molar refractivity (Wildman–Crippen MR) is 75.9 cm³/mol. The van der Waals surface area contributed by atoms with E-state index in [1.807, 2.05) is 7.05 Å². The molecule has 2 aromatic rings. The van der Waals surface area contributed by atoms with Crippen LogP contribution in [0.3, 0.4) is 0 Å². The summed E-state index contributed by atoms with van der Waals surface area (Å²) in [6.45, 7) is 1.44. The normalized spacial score (nSPS) is 16.6. The number of hydrogen-bond donors (Lipinski definition) is 1. The molecule has 108 valence electrons. The van der Waals surface area contributed by atoms with Crippen molar-refractivity contribution in [1.29, 1.82) is 0 Å². The molecule has 0 bridgehead atoms. The van der Waals surface area contributed by atoms with Crippen LogP contribution in [0.2, 0.25) is 0 Å². The van der Waals surface area contributed by atoms with E-state index in [0.29, 0.717) is 12.6 Å². The number of rotatable bonds is 5. The highest BCUT2D eigenvalue weighted by Gasteiger charge is 2.15. The molecule has 0 aliphatic heterocycles. The molecule has 1 fully saturated rings. The molecule has 1 aliphatic rings. The van der Waals surface area contributed by atoms with Crippen LogP contribution in [-0.2, 0) is 20.1 Å². The average molecular weight is 274 g/mol. The van der Waals surface area contributed by atoms with Crippen LogP contribution in [0.5, 0.6) is 0 Å². The van der Waals surface area contributed by atoms with Crippen LogP contribution in [0.1, 0.15) is 49.7 Å². The standard InChI is InChI=1S/C14H22N6/c1-19-11-16-14(18-19)10-15-9-12-7-8-20(17-12)13-5-3-2-4-6-13/h7-8,11,13,15H,2-6,9-10H2,1H3. The second-order valence-electron chi connectivity index (χ2n) is 5.52. The van der Waals surface area contributed by atoms with Crippen molar-refractivity contribution in [3.05, 3.63) is 30.1 Å². The van der Waals surface area contributed by atoms with Gasteiger partial charge in [0.05, 0.1) is 18.3 Å². The molecule has 0 unspecified atom stereocenters. The van der Waals surface area contributed by atoms with Crippen molar-refractivity contribution in [2.24, 2.45) is 7.05 Å². The molecule has 0 aromatic carbocycles. The van der Waals surface area contributed by atoms with E-state index in [2.05, 4.69) is 37.4 Å². The highest BCUT2D eigenvalue weighted by Crippen LogP contribution is 2.27. The SMILES string of the molecule is Cn1cnc(CNCc2ccn(C3CCCCC3)n2)n1. The Hall–Kier alpha value is -1.69. The summed E-state index contributed by atoms with van der Waals surface area (Å²) in [5.74, 6) is 0.819. The maximum atomic E-state index is 4.68. The summed E-state index contributed by atoms with van der Waals surface area (Å²) in [6, 6.07) is 2.71. The van der Waals surface area contributed by atoms with Crippen molar-refractivity contribution in [1.82, 2.24) is 29.9 Å². The first-order valence-electron chi connectivity index (χ1n) is 7.40. The summed E-state index contributed by atoms with van der Waals surface area (Å²) in [5, 5.41) is 12.2. The third-order valence-electron chi connectivity index (χ3n) is 3.85. The summed E-state index contributed by atoms with van der Waals surface area (Å²) < 4.78 is 3.87. The third kappa shape index (κ3) is 3.25. The molecule has 2 heterocycles. The topological polar surface area (TPSA) is 60.6 Å². The van der Waals surface area contributed by atoms with Gasteiger partial charge >= 0.3 is 0 Å². The van der Waals surface area contributed by atoms with Gasteiger partial charge in [-0.15, -0.1) is 0 Å². The molecule has 0 radical (unpaired) electrons. The monoisotopic (exact) mass is 274 g/mol. The Bertz CT molecular complexity index is 537. The van der Waals surface area contributed by atoms with Crippen molar-refractivity contribution in [3.63, 3.8) is 0 Å². The maximum Gasteiger partial charge on any atom is 0.164 e. The van der Waals surface area contributed by atoms with Gasteiger partial charge in [-0.05, 0) is 18.9 Å². The van der Waals surface area contributed by atoms with Crippen molar-refractivity contribution in [3.8, 4) is 0 Å². The molecule has 6 nitrogen and oxygen atoms in total. The van der Waals surface area contributed by atoms with Crippen LogP contribution in [-0.4, -0.2) is 24.5 Å². The first-order valence-corrected chi connectivity index (χ1v) is 7.40. The number of aryl methyl sites for hydroxylation is 1. The molecule has 3 rings (SSSR count). The van der Waals surface area contributed by atoms with Gasteiger partial charge in [0, 0.05) is 19.8 Å². The quantitative estimate of drug-likeness (QED) is 0.903. The Labute approximate surface area is 119 Å². The smallest absolute Gasteiger partial charge is 0.164 e. The Morgan fingerprint density at radius 1 is 1.20 bits per heavy atom. The van der Waals surface area contributed by atoms with Crippen molar-refractivity contribution >= 4 is 0 Å². The van der Waals surface area contributed by atoms with Gasteiger partial charge < -0.3 is 5.32 Å². The average Bonchev–Trinajstić information content (AvgIpc) is 3.09. The second-order valence-corrected chi connectivity index (χ2v) is 5.52. The lowest BCUT2D eigenvalue weighted by Gasteiger charge is -2.21. The van der Waals surface area contributed by atoms with Gasteiger partial charge in [0.25, 0.3) is 0 Å². The fourth-order valence-corrected chi connectivity index (χ4v) is 2.79. The van der Waals surface area contributed by atoms with E-state index in [4.69, 9.17) is 0 Å². The molecule has 2 aromatic heterocycles. The predicted octanol–water partition coefficient (Wildman–Crippen LogP) is 1.81. The van der Waals surface area contributed by atoms with Gasteiger partial charge in [-0.3, -0.25) is 9.36 Å². The minimum absolute atomic E-state index is 0.606. The molecular weight excluding hydrogens is 252 g/mol. The summed E-state index contributed by atoms with van der Waals surface area (Å²) in [5.41, 5.74) is 1.09. The molecule has 0 amide bonds. The van der Waals surface area contributed by atoms with E-state index in [1.54, 1.807) is 11.0 Å². The molecule has 0 atom stereocenters. The highest BCUT2D eigenvalue weighted by molar-refractivity contribution is 5.00. The van der Waals surface area contributed by atoms with Gasteiger partial charge in [-0.25, -0.2) is 4.98 Å². The van der Waals surface area contributed by atoms with Gasteiger partial charge in [-0.1, -0.05) is 19.3 Å². The zero-order valence-electron chi connectivity index (χ0n) is 12.0. The lowest BCUT2D eigenvalue weighted by molar-refractivity contribution is 0.327. The van der Waals surface area contributed by atoms with E-state index < -0.39 is 0 Å². The Morgan fingerprint density at radius 2 is 2.05 bits per heavy atom. The summed E-state index contributed by atoms with van der Waals surface area (Å²) >= 11 is 0. The largest absolute Gasteiger partial charge is 0.304 e. The van der Waals surface area contributed by atoms with Crippen LogP contribution < -0.4 is 5.32 Å². The van der Waals surface area contributed by atoms with Crippen LogP contribution >= 0.6 is 0 Å². The Balaban J connectivity index is 1.49. The minimum atomic E-state index is 0.606. The summed E-state index contributed by atoms with van der Waals surface area (Å²) in [7, 11) is 1.88. The van der Waals surface area contributed by atoms with E-state index in [1.165, 1.54) is 32.1 Å². The van der Waals surface area contributed by atoms with Gasteiger partial charge in [0.1, 0.15) is 6.33 Å². The van der Waals surface area contributed by atoms with Crippen LogP contribution in [0.25, 0.3) is 0 Å². The van der Waals surface area contributed by atoms with Crippen molar-refractivity contribution in [2.45, 2.75) is 51.2 Å². The Kier molecular flexibility index (Phi) is 4.11.